The molecular weight excluding hydrogens is 278 g/mol. The van der Waals surface area contributed by atoms with Crippen LogP contribution in [0.15, 0.2) is 34.9 Å². The van der Waals surface area contributed by atoms with Crippen molar-refractivity contribution in [2.75, 3.05) is 0 Å². The van der Waals surface area contributed by atoms with Crippen LogP contribution in [0, 0.1) is 0 Å². The molecule has 1 aromatic carbocycles. The van der Waals surface area contributed by atoms with Crippen molar-refractivity contribution >= 4 is 32.7 Å². The van der Waals surface area contributed by atoms with Crippen LogP contribution in [0.5, 0.6) is 0 Å². The summed E-state index contributed by atoms with van der Waals surface area (Å²) in [6, 6.07) is 7.79. The largest absolute Gasteiger partial charge is 0.287 e. The Kier molecular flexibility index (Phi) is 7.55. The molecule has 0 unspecified atom stereocenters. The average Bonchev–Trinajstić information content (AvgIpc) is 2.77. The monoisotopic (exact) mass is 297 g/mol. The van der Waals surface area contributed by atoms with Gasteiger partial charge in [-0.2, -0.15) is 0 Å². The van der Waals surface area contributed by atoms with E-state index >= 15 is 0 Å². The fourth-order valence-corrected chi connectivity index (χ4v) is 1.77. The maximum atomic E-state index is 11.2. The van der Waals surface area contributed by atoms with Crippen LogP contribution < -0.4 is 0 Å². The first-order chi connectivity index (χ1) is 8.18. The van der Waals surface area contributed by atoms with Crippen molar-refractivity contribution < 1.29 is 4.79 Å². The van der Waals surface area contributed by atoms with Crippen LogP contribution in [0.4, 0.5) is 0 Å². The summed E-state index contributed by atoms with van der Waals surface area (Å²) in [5, 5.41) is 1.07. The van der Waals surface area contributed by atoms with E-state index in [0.29, 0.717) is 0 Å². The van der Waals surface area contributed by atoms with E-state index in [0.717, 1.165) is 15.4 Å². The second-order valence-electron chi connectivity index (χ2n) is 2.91. The molecule has 2 rings (SSSR count). The zero-order chi connectivity index (χ0) is 13.4. The topological polar surface area (TPSA) is 22.0 Å². The molecule has 3 heteroatoms. The van der Waals surface area contributed by atoms with Gasteiger partial charge < -0.3 is 0 Å². The molecule has 1 aromatic heterocycles. The highest BCUT2D eigenvalue weighted by Crippen LogP contribution is 2.20. The molecule has 0 atom stereocenters. The fourth-order valence-electron chi connectivity index (χ4n) is 1.39. The van der Waals surface area contributed by atoms with Gasteiger partial charge >= 0.3 is 0 Å². The van der Waals surface area contributed by atoms with E-state index in [1.807, 2.05) is 52.0 Å². The first-order valence-electron chi connectivity index (χ1n) is 5.96. The molecule has 0 saturated carbocycles. The molecule has 94 valence electrons. The number of hydrogen-bond donors (Lipinski definition) is 0. The minimum atomic E-state index is 0.0392. The third-order valence-corrected chi connectivity index (χ3v) is 2.48. The zero-order valence-electron chi connectivity index (χ0n) is 11.1. The standard InChI is InChI=1S/C10H8BrNO.2C2H6/c1-7(13)12-5-4-8-6-9(11)2-3-10(8)12;2*1-2/h2-6H,1H3;2*1-2H3. The van der Waals surface area contributed by atoms with Crippen molar-refractivity contribution in [3.63, 3.8) is 0 Å². The number of halogens is 1. The fraction of sp³-hybridized carbons (Fsp3) is 0.357. The normalized spacial score (nSPS) is 8.82. The van der Waals surface area contributed by atoms with Crippen LogP contribution in [0.25, 0.3) is 10.9 Å². The number of rotatable bonds is 0. The van der Waals surface area contributed by atoms with Gasteiger partial charge in [0.2, 0.25) is 5.91 Å². The lowest BCUT2D eigenvalue weighted by Crippen LogP contribution is -2.02. The summed E-state index contributed by atoms with van der Waals surface area (Å²) in [7, 11) is 0. The van der Waals surface area contributed by atoms with Crippen LogP contribution in [0.2, 0.25) is 0 Å². The molecule has 0 aliphatic heterocycles. The summed E-state index contributed by atoms with van der Waals surface area (Å²) in [6.07, 6.45) is 1.79. The Labute approximate surface area is 112 Å². The number of hydrogen-bond acceptors (Lipinski definition) is 1. The molecule has 0 fully saturated rings. The molecule has 0 radical (unpaired) electrons. The predicted molar refractivity (Wildman–Crippen MR) is 78.6 cm³/mol. The second kappa shape index (κ2) is 8.07. The summed E-state index contributed by atoms with van der Waals surface area (Å²) in [5.74, 6) is 0.0392. The second-order valence-corrected chi connectivity index (χ2v) is 3.82. The van der Waals surface area contributed by atoms with Gasteiger partial charge in [-0.15, -0.1) is 0 Å². The summed E-state index contributed by atoms with van der Waals surface area (Å²) in [6.45, 7) is 9.56. The van der Waals surface area contributed by atoms with Crippen LogP contribution in [-0.4, -0.2) is 10.5 Å². The molecule has 2 nitrogen and oxygen atoms in total. The molecule has 0 spiro atoms. The summed E-state index contributed by atoms with van der Waals surface area (Å²) in [5.41, 5.74) is 0.954. The number of carbonyl (C=O) groups is 1. The lowest BCUT2D eigenvalue weighted by Gasteiger charge is -1.98. The summed E-state index contributed by atoms with van der Waals surface area (Å²) >= 11 is 3.38. The quantitative estimate of drug-likeness (QED) is 0.662. The van der Waals surface area contributed by atoms with E-state index in [-0.39, 0.29) is 5.91 Å². The highest BCUT2D eigenvalue weighted by molar-refractivity contribution is 9.10. The minimum absolute atomic E-state index is 0.0392. The molecule has 0 saturated heterocycles. The Balaban J connectivity index is 0.000000581. The van der Waals surface area contributed by atoms with Gasteiger partial charge in [0.25, 0.3) is 0 Å². The van der Waals surface area contributed by atoms with E-state index in [9.17, 15) is 4.79 Å². The van der Waals surface area contributed by atoms with Gasteiger partial charge in [0, 0.05) is 23.0 Å². The molecule has 0 bridgehead atoms. The summed E-state index contributed by atoms with van der Waals surface area (Å²) < 4.78 is 2.67. The zero-order valence-corrected chi connectivity index (χ0v) is 12.7. The molecular formula is C14H20BrNO. The van der Waals surface area contributed by atoms with Gasteiger partial charge in [0.05, 0.1) is 5.52 Å². The maximum Gasteiger partial charge on any atom is 0.227 e. The van der Waals surface area contributed by atoms with E-state index in [1.54, 1.807) is 17.7 Å². The van der Waals surface area contributed by atoms with Crippen molar-refractivity contribution in [3.05, 3.63) is 34.9 Å². The lowest BCUT2D eigenvalue weighted by molar-refractivity contribution is 0.0941. The van der Waals surface area contributed by atoms with Crippen molar-refractivity contribution in [1.82, 2.24) is 4.57 Å². The van der Waals surface area contributed by atoms with Gasteiger partial charge in [0.1, 0.15) is 0 Å². The smallest absolute Gasteiger partial charge is 0.227 e. The lowest BCUT2D eigenvalue weighted by atomic mass is 10.2. The SMILES string of the molecule is CC.CC.CC(=O)n1ccc2cc(Br)ccc21. The van der Waals surface area contributed by atoms with Gasteiger partial charge in [-0.1, -0.05) is 43.6 Å². The third-order valence-electron chi connectivity index (χ3n) is 1.99. The van der Waals surface area contributed by atoms with Crippen molar-refractivity contribution in [2.45, 2.75) is 34.6 Å². The van der Waals surface area contributed by atoms with E-state index in [4.69, 9.17) is 0 Å². The molecule has 0 amide bonds. The Morgan fingerprint density at radius 2 is 1.71 bits per heavy atom. The van der Waals surface area contributed by atoms with E-state index in [1.165, 1.54) is 0 Å². The highest BCUT2D eigenvalue weighted by atomic mass is 79.9. The van der Waals surface area contributed by atoms with Crippen LogP contribution >= 0.6 is 15.9 Å². The molecule has 0 aliphatic carbocycles. The molecule has 17 heavy (non-hydrogen) atoms. The Bertz CT molecular complexity index is 474. The van der Waals surface area contributed by atoms with E-state index in [2.05, 4.69) is 15.9 Å². The minimum Gasteiger partial charge on any atom is -0.287 e. The Hall–Kier alpha value is -1.09. The first-order valence-corrected chi connectivity index (χ1v) is 6.75. The molecule has 1 heterocycles. The average molecular weight is 298 g/mol. The maximum absolute atomic E-state index is 11.2. The summed E-state index contributed by atoms with van der Waals surface area (Å²) in [4.78, 5) is 11.2. The van der Waals surface area contributed by atoms with Crippen molar-refractivity contribution in [1.29, 1.82) is 0 Å². The Morgan fingerprint density at radius 1 is 1.12 bits per heavy atom. The van der Waals surface area contributed by atoms with Crippen molar-refractivity contribution in [3.8, 4) is 0 Å². The number of fused-ring (bicyclic) bond motifs is 1. The highest BCUT2D eigenvalue weighted by Gasteiger charge is 2.03. The number of benzene rings is 1. The van der Waals surface area contributed by atoms with Crippen LogP contribution in [-0.2, 0) is 0 Å². The molecule has 0 aliphatic rings. The predicted octanol–water partition coefficient (Wildman–Crippen LogP) is 5.12. The Morgan fingerprint density at radius 3 is 2.24 bits per heavy atom. The van der Waals surface area contributed by atoms with Gasteiger partial charge in [0.15, 0.2) is 0 Å². The van der Waals surface area contributed by atoms with Crippen molar-refractivity contribution in [2.24, 2.45) is 0 Å². The molecule has 2 aromatic rings. The number of nitrogens with zero attached hydrogens (tertiary/aromatic N) is 1. The van der Waals surface area contributed by atoms with Gasteiger partial charge in [-0.05, 0) is 24.3 Å². The van der Waals surface area contributed by atoms with Gasteiger partial charge in [-0.25, -0.2) is 0 Å². The number of aromatic nitrogens is 1. The first kappa shape index (κ1) is 15.9. The van der Waals surface area contributed by atoms with Crippen LogP contribution in [0.1, 0.15) is 39.4 Å². The molecule has 0 N–H and O–H groups in total. The number of carbonyl (C=O) groups excluding carboxylic acids is 1. The van der Waals surface area contributed by atoms with Gasteiger partial charge in [-0.3, -0.25) is 9.36 Å². The van der Waals surface area contributed by atoms with Crippen LogP contribution in [0.3, 0.4) is 0 Å². The third kappa shape index (κ3) is 4.00. The van der Waals surface area contributed by atoms with E-state index < -0.39 is 0 Å².